The van der Waals surface area contributed by atoms with E-state index in [1.165, 1.54) is 11.3 Å². The Hall–Kier alpha value is -1.30. The lowest BCUT2D eigenvalue weighted by atomic mass is 9.94. The molecule has 0 radical (unpaired) electrons. The van der Waals surface area contributed by atoms with Crippen molar-refractivity contribution < 1.29 is 5.11 Å². The van der Waals surface area contributed by atoms with Crippen molar-refractivity contribution in [1.82, 2.24) is 9.80 Å². The third-order valence-corrected chi connectivity index (χ3v) is 5.32. The van der Waals surface area contributed by atoms with E-state index in [-0.39, 0.29) is 0 Å². The lowest BCUT2D eigenvalue weighted by Crippen LogP contribution is -2.51. The normalized spacial score (nSPS) is 19.2. The Bertz CT molecular complexity index is 528. The summed E-state index contributed by atoms with van der Waals surface area (Å²) in [4.78, 5) is 6.97. The quantitative estimate of drug-likeness (QED) is 0.745. The number of anilines is 2. The molecule has 1 saturated heterocycles. The maximum Gasteiger partial charge on any atom is 0.0788 e. The van der Waals surface area contributed by atoms with E-state index in [1.54, 1.807) is 0 Å². The summed E-state index contributed by atoms with van der Waals surface area (Å²) < 4.78 is 0. The van der Waals surface area contributed by atoms with E-state index in [2.05, 4.69) is 48.7 Å². The monoisotopic (exact) mass is 334 g/mol. The Balaban J connectivity index is 1.91. The van der Waals surface area contributed by atoms with Crippen LogP contribution < -0.4 is 10.6 Å². The molecule has 0 amide bonds. The van der Waals surface area contributed by atoms with Crippen LogP contribution in [0.2, 0.25) is 0 Å². The van der Waals surface area contributed by atoms with Gasteiger partial charge >= 0.3 is 0 Å². The molecule has 0 aliphatic carbocycles. The van der Waals surface area contributed by atoms with E-state index in [1.807, 2.05) is 12.1 Å². The molecule has 0 spiro atoms. The van der Waals surface area contributed by atoms with E-state index in [9.17, 15) is 5.11 Å². The van der Waals surface area contributed by atoms with E-state index >= 15 is 0 Å². The summed E-state index contributed by atoms with van der Waals surface area (Å²) in [5.74, 6) is 0. The number of aryl methyl sites for hydroxylation is 1. The Morgan fingerprint density at radius 3 is 2.50 bits per heavy atom. The number of hydrogen-bond donors (Lipinski definition) is 2. The molecule has 5 nitrogen and oxygen atoms in total. The molecule has 24 heavy (non-hydrogen) atoms. The second kappa shape index (κ2) is 8.19. The molecule has 0 bridgehead atoms. The van der Waals surface area contributed by atoms with Gasteiger partial charge in [-0.3, -0.25) is 4.90 Å². The van der Waals surface area contributed by atoms with Crippen LogP contribution in [0.4, 0.5) is 11.4 Å². The van der Waals surface area contributed by atoms with Crippen LogP contribution in [0.5, 0.6) is 0 Å². The average Bonchev–Trinajstić information content (AvgIpc) is 2.55. The molecule has 3 N–H and O–H groups in total. The van der Waals surface area contributed by atoms with Crippen molar-refractivity contribution in [2.45, 2.75) is 32.3 Å². The van der Waals surface area contributed by atoms with Crippen LogP contribution in [0, 0.1) is 6.92 Å². The Labute approximate surface area is 147 Å². The highest BCUT2D eigenvalue weighted by molar-refractivity contribution is 5.58. The molecular weight excluding hydrogens is 300 g/mol. The number of aliphatic hydroxyl groups is 1. The number of benzene rings is 1. The zero-order valence-corrected chi connectivity index (χ0v) is 15.8. The second-order valence-corrected chi connectivity index (χ2v) is 7.37. The first-order valence-electron chi connectivity index (χ1n) is 9.03. The largest absolute Gasteiger partial charge is 0.399 e. The Kier molecular flexibility index (Phi) is 6.49. The first-order chi connectivity index (χ1) is 11.3. The van der Waals surface area contributed by atoms with Gasteiger partial charge in [0.05, 0.1) is 5.60 Å². The second-order valence-electron chi connectivity index (χ2n) is 7.37. The minimum absolute atomic E-state index is 0.619. The van der Waals surface area contributed by atoms with Gasteiger partial charge in [-0.05, 0) is 50.6 Å². The highest BCUT2D eigenvalue weighted by atomic mass is 16.3. The summed E-state index contributed by atoms with van der Waals surface area (Å²) in [5, 5.41) is 11.0. The highest BCUT2D eigenvalue weighted by Crippen LogP contribution is 2.24. The molecule has 1 heterocycles. The molecule has 2 rings (SSSR count). The number of nitrogens with two attached hydrogens (primary N) is 1. The van der Waals surface area contributed by atoms with Crippen LogP contribution in [-0.4, -0.2) is 73.9 Å². The Morgan fingerprint density at radius 1 is 1.25 bits per heavy atom. The van der Waals surface area contributed by atoms with Gasteiger partial charge in [0, 0.05) is 57.7 Å². The maximum absolute atomic E-state index is 11.0. The number of rotatable bonds is 7. The van der Waals surface area contributed by atoms with Crippen LogP contribution in [0.15, 0.2) is 18.2 Å². The van der Waals surface area contributed by atoms with Crippen LogP contribution >= 0.6 is 0 Å². The number of hydrogen-bond acceptors (Lipinski definition) is 5. The number of piperazine rings is 1. The topological polar surface area (TPSA) is 56.0 Å². The molecule has 1 unspecified atom stereocenters. The fourth-order valence-corrected chi connectivity index (χ4v) is 3.39. The van der Waals surface area contributed by atoms with Crippen LogP contribution in [-0.2, 0) is 0 Å². The summed E-state index contributed by atoms with van der Waals surface area (Å²) >= 11 is 0. The number of nitrogen functional groups attached to an aromatic ring is 1. The van der Waals surface area contributed by atoms with Crippen molar-refractivity contribution in [2.24, 2.45) is 0 Å². The number of β-amino-alcohol motifs (C(OH)–C–C–N with tert-alkyl or cyclic N) is 1. The van der Waals surface area contributed by atoms with Gasteiger partial charge in [-0.1, -0.05) is 6.92 Å². The van der Waals surface area contributed by atoms with Crippen molar-refractivity contribution in [2.75, 3.05) is 64.0 Å². The zero-order chi connectivity index (χ0) is 17.7. The summed E-state index contributed by atoms with van der Waals surface area (Å²) in [6.07, 6.45) is 1.56. The van der Waals surface area contributed by atoms with Crippen LogP contribution in [0.3, 0.4) is 0 Å². The van der Waals surface area contributed by atoms with Gasteiger partial charge in [-0.25, -0.2) is 0 Å². The van der Waals surface area contributed by atoms with Crippen LogP contribution in [0.1, 0.15) is 25.3 Å². The minimum atomic E-state index is -0.619. The molecule has 5 heteroatoms. The molecule has 1 fully saturated rings. The van der Waals surface area contributed by atoms with E-state index in [0.29, 0.717) is 0 Å². The first-order valence-corrected chi connectivity index (χ1v) is 9.03. The fourth-order valence-electron chi connectivity index (χ4n) is 3.39. The molecule has 1 aromatic rings. The Morgan fingerprint density at radius 2 is 1.92 bits per heavy atom. The predicted octanol–water partition coefficient (Wildman–Crippen LogP) is 1.79. The highest BCUT2D eigenvalue weighted by Gasteiger charge is 2.29. The number of nitrogens with zero attached hydrogens (tertiary/aromatic N) is 3. The fraction of sp³-hybridized carbons (Fsp3) is 0.684. The molecule has 0 saturated carbocycles. The minimum Gasteiger partial charge on any atom is -0.399 e. The molecule has 136 valence electrons. The van der Waals surface area contributed by atoms with Gasteiger partial charge in [-0.2, -0.15) is 0 Å². The predicted molar refractivity (Wildman–Crippen MR) is 103 cm³/mol. The maximum atomic E-state index is 11.0. The lowest BCUT2D eigenvalue weighted by Gasteiger charge is -2.39. The van der Waals surface area contributed by atoms with Crippen LogP contribution in [0.25, 0.3) is 0 Å². The van der Waals surface area contributed by atoms with Gasteiger partial charge in [-0.15, -0.1) is 0 Å². The molecular formula is C19H34N4O. The average molecular weight is 335 g/mol. The van der Waals surface area contributed by atoms with Crippen molar-refractivity contribution in [3.05, 3.63) is 23.8 Å². The number of likely N-dealkylation sites (N-methyl/N-ethyl adjacent to an activating group) is 1. The van der Waals surface area contributed by atoms with Gasteiger partial charge in [0.25, 0.3) is 0 Å². The van der Waals surface area contributed by atoms with Crippen molar-refractivity contribution >= 4 is 11.4 Å². The SMILES string of the molecule is CCC(O)(CCN(C)c1ccc(N)cc1C)CN1CCN(C)CC1. The third kappa shape index (κ3) is 5.10. The smallest absolute Gasteiger partial charge is 0.0788 e. The molecule has 1 atom stereocenters. The van der Waals surface area contributed by atoms with Crippen molar-refractivity contribution in [3.8, 4) is 0 Å². The van der Waals surface area contributed by atoms with E-state index in [0.717, 1.165) is 57.8 Å². The van der Waals surface area contributed by atoms with Crippen molar-refractivity contribution in [3.63, 3.8) is 0 Å². The van der Waals surface area contributed by atoms with E-state index < -0.39 is 5.60 Å². The van der Waals surface area contributed by atoms with Gasteiger partial charge in [0.2, 0.25) is 0 Å². The van der Waals surface area contributed by atoms with Gasteiger partial charge < -0.3 is 20.6 Å². The van der Waals surface area contributed by atoms with E-state index in [4.69, 9.17) is 5.73 Å². The molecule has 0 aromatic heterocycles. The van der Waals surface area contributed by atoms with Gasteiger partial charge in [0.1, 0.15) is 0 Å². The summed E-state index contributed by atoms with van der Waals surface area (Å²) in [6.45, 7) is 10.0. The molecule has 1 aliphatic rings. The standard InChI is InChI=1S/C19H34N4O/c1-5-19(24,15-23-12-10-21(3)11-13-23)8-9-22(4)18-7-6-17(20)14-16(18)2/h6-7,14,24H,5,8-13,15,20H2,1-4H3. The molecule has 1 aromatic carbocycles. The first kappa shape index (κ1) is 19.0. The summed E-state index contributed by atoms with van der Waals surface area (Å²) in [6, 6.07) is 6.01. The summed E-state index contributed by atoms with van der Waals surface area (Å²) in [7, 11) is 4.25. The zero-order valence-electron chi connectivity index (χ0n) is 15.8. The summed E-state index contributed by atoms with van der Waals surface area (Å²) in [5.41, 5.74) is 8.38. The third-order valence-electron chi connectivity index (χ3n) is 5.32. The van der Waals surface area contributed by atoms with Crippen molar-refractivity contribution in [1.29, 1.82) is 0 Å². The molecule has 1 aliphatic heterocycles. The van der Waals surface area contributed by atoms with Gasteiger partial charge in [0.15, 0.2) is 0 Å². The lowest BCUT2D eigenvalue weighted by molar-refractivity contribution is -0.0153.